The van der Waals surface area contributed by atoms with Gasteiger partial charge in [0.25, 0.3) is 0 Å². The van der Waals surface area contributed by atoms with Gasteiger partial charge in [-0.05, 0) is 0 Å². The molecule has 32 valence electrons. The van der Waals surface area contributed by atoms with E-state index < -0.39 is 5.84 Å². The maximum absolute atomic E-state index is 10.6. The molecular formula is C2H2FN3. The first-order valence-electron chi connectivity index (χ1n) is 1.15. The standard InChI is InChI=1S/C2H2FN3/c3-6-2(5)1-4/h(H2,5,6). The SMILES string of the molecule is N#C/C(N)=N/F. The minimum atomic E-state index is -0.644. The van der Waals surface area contributed by atoms with Crippen LogP contribution in [0.1, 0.15) is 0 Å². The zero-order valence-electron chi connectivity index (χ0n) is 2.85. The van der Waals surface area contributed by atoms with Crippen LogP contribution in [0.15, 0.2) is 5.21 Å². The lowest BCUT2D eigenvalue weighted by Crippen LogP contribution is -2.05. The number of hydrogen-bond acceptors (Lipinski definition) is 2. The predicted octanol–water partition coefficient (Wildman–Crippen LogP) is -0.248. The zero-order valence-corrected chi connectivity index (χ0v) is 2.85. The number of rotatable bonds is 0. The summed E-state index contributed by atoms with van der Waals surface area (Å²) in [6.45, 7) is 0. The first kappa shape index (κ1) is 4.89. The van der Waals surface area contributed by atoms with Crippen LogP contribution in [0.2, 0.25) is 0 Å². The Morgan fingerprint density at radius 2 is 2.50 bits per heavy atom. The van der Waals surface area contributed by atoms with Gasteiger partial charge in [0, 0.05) is 0 Å². The Balaban J connectivity index is 3.61. The van der Waals surface area contributed by atoms with Gasteiger partial charge in [-0.2, -0.15) is 5.26 Å². The Kier molecular flexibility index (Phi) is 1.75. The number of hydrogen-bond donors (Lipinski definition) is 1. The van der Waals surface area contributed by atoms with Gasteiger partial charge in [-0.25, -0.2) is 0 Å². The fourth-order valence-electron chi connectivity index (χ4n) is 0.0189. The van der Waals surface area contributed by atoms with E-state index >= 15 is 0 Å². The van der Waals surface area contributed by atoms with E-state index in [0.29, 0.717) is 0 Å². The van der Waals surface area contributed by atoms with E-state index in [1.54, 1.807) is 0 Å². The Morgan fingerprint density at radius 1 is 2.00 bits per heavy atom. The highest BCUT2D eigenvalue weighted by molar-refractivity contribution is 5.94. The third kappa shape index (κ3) is 1.24. The largest absolute Gasteiger partial charge is 0.373 e. The van der Waals surface area contributed by atoms with Crippen LogP contribution in [0, 0.1) is 11.3 Å². The van der Waals surface area contributed by atoms with Crippen molar-refractivity contribution >= 4 is 5.84 Å². The summed E-state index contributed by atoms with van der Waals surface area (Å²) in [5, 5.41) is 9.43. The van der Waals surface area contributed by atoms with Gasteiger partial charge in [-0.3, -0.25) is 0 Å². The first-order valence-corrected chi connectivity index (χ1v) is 1.15. The van der Waals surface area contributed by atoms with Crippen LogP contribution < -0.4 is 5.73 Å². The molecule has 0 aliphatic heterocycles. The molecule has 0 unspecified atom stereocenters. The molecule has 0 fully saturated rings. The summed E-state index contributed by atoms with van der Waals surface area (Å²) in [5.41, 5.74) is 4.49. The summed E-state index contributed by atoms with van der Waals surface area (Å²) in [4.78, 5) is 0. The first-order chi connectivity index (χ1) is 2.81. The molecule has 0 aliphatic carbocycles. The van der Waals surface area contributed by atoms with Gasteiger partial charge in [0.2, 0.25) is 5.84 Å². The van der Waals surface area contributed by atoms with E-state index in [2.05, 4.69) is 5.73 Å². The summed E-state index contributed by atoms with van der Waals surface area (Å²) < 4.78 is 10.6. The molecule has 0 atom stereocenters. The molecule has 0 rings (SSSR count). The van der Waals surface area contributed by atoms with E-state index in [0.717, 1.165) is 0 Å². The molecule has 3 nitrogen and oxygen atoms in total. The van der Waals surface area contributed by atoms with E-state index in [1.807, 2.05) is 5.21 Å². The van der Waals surface area contributed by atoms with Crippen molar-refractivity contribution in [3.63, 3.8) is 0 Å². The van der Waals surface area contributed by atoms with Gasteiger partial charge in [0.15, 0.2) is 0 Å². The Labute approximate surface area is 33.8 Å². The normalized spacial score (nSPS) is 10.3. The van der Waals surface area contributed by atoms with E-state index in [1.165, 1.54) is 6.07 Å². The monoisotopic (exact) mass is 87.0 g/mol. The Bertz CT molecular complexity index is 99.9. The van der Waals surface area contributed by atoms with Crippen molar-refractivity contribution in [1.82, 2.24) is 0 Å². The van der Waals surface area contributed by atoms with Crippen molar-refractivity contribution in [2.75, 3.05) is 0 Å². The smallest absolute Gasteiger partial charge is 0.234 e. The molecule has 2 N–H and O–H groups in total. The highest BCUT2D eigenvalue weighted by atomic mass is 19.2. The van der Waals surface area contributed by atoms with Gasteiger partial charge in [0.1, 0.15) is 6.07 Å². The van der Waals surface area contributed by atoms with Crippen LogP contribution in [0.25, 0.3) is 0 Å². The summed E-state index contributed by atoms with van der Waals surface area (Å²) in [6.07, 6.45) is 0. The van der Waals surface area contributed by atoms with Crippen molar-refractivity contribution in [3.8, 4) is 6.07 Å². The maximum Gasteiger partial charge on any atom is 0.234 e. The topological polar surface area (TPSA) is 62.2 Å². The van der Waals surface area contributed by atoms with Crippen molar-refractivity contribution < 1.29 is 4.48 Å². The van der Waals surface area contributed by atoms with Gasteiger partial charge in [0.05, 0.1) is 0 Å². The maximum atomic E-state index is 10.6. The van der Waals surface area contributed by atoms with Crippen molar-refractivity contribution in [1.29, 1.82) is 5.26 Å². The molecule has 0 radical (unpaired) electrons. The molecule has 0 heterocycles. The lowest BCUT2D eigenvalue weighted by molar-refractivity contribution is 0.537. The second-order valence-corrected chi connectivity index (χ2v) is 0.582. The van der Waals surface area contributed by atoms with Crippen LogP contribution in [-0.2, 0) is 0 Å². The average molecular weight is 87.1 g/mol. The molecule has 0 bridgehead atoms. The molecule has 0 aromatic carbocycles. The Morgan fingerprint density at radius 3 is 2.50 bits per heavy atom. The van der Waals surface area contributed by atoms with Crippen LogP contribution in [0.5, 0.6) is 0 Å². The van der Waals surface area contributed by atoms with Crippen molar-refractivity contribution in [2.24, 2.45) is 10.9 Å². The minimum absolute atomic E-state index is 0.644. The molecule has 0 saturated carbocycles. The van der Waals surface area contributed by atoms with Crippen molar-refractivity contribution in [3.05, 3.63) is 0 Å². The average Bonchev–Trinajstić information content (AvgIpc) is 1.65. The molecule has 4 heteroatoms. The lowest BCUT2D eigenvalue weighted by Gasteiger charge is -1.67. The fourth-order valence-corrected chi connectivity index (χ4v) is 0.0189. The van der Waals surface area contributed by atoms with E-state index in [-0.39, 0.29) is 0 Å². The fraction of sp³-hybridized carbons (Fsp3) is 0. The number of nitrogens with zero attached hydrogens (tertiary/aromatic N) is 2. The van der Waals surface area contributed by atoms with Crippen LogP contribution >= 0.6 is 0 Å². The van der Waals surface area contributed by atoms with Crippen LogP contribution in [-0.4, -0.2) is 5.84 Å². The van der Waals surface area contributed by atoms with E-state index in [9.17, 15) is 4.48 Å². The molecule has 0 aliphatic rings. The van der Waals surface area contributed by atoms with Gasteiger partial charge < -0.3 is 5.73 Å². The lowest BCUT2D eigenvalue weighted by atomic mass is 10.7. The van der Waals surface area contributed by atoms with Crippen LogP contribution in [0.3, 0.4) is 0 Å². The number of halogens is 1. The van der Waals surface area contributed by atoms with E-state index in [4.69, 9.17) is 5.26 Å². The summed E-state index contributed by atoms with van der Waals surface area (Å²) in [5.74, 6) is -0.644. The summed E-state index contributed by atoms with van der Waals surface area (Å²) in [6, 6.07) is 1.27. The number of nitriles is 1. The molecular weight excluding hydrogens is 85.0 g/mol. The van der Waals surface area contributed by atoms with Gasteiger partial charge >= 0.3 is 0 Å². The second-order valence-electron chi connectivity index (χ2n) is 0.582. The molecule has 0 aromatic rings. The van der Waals surface area contributed by atoms with Crippen molar-refractivity contribution in [2.45, 2.75) is 0 Å². The third-order valence-corrected chi connectivity index (χ3v) is 0.206. The summed E-state index contributed by atoms with van der Waals surface area (Å²) in [7, 11) is 0. The predicted molar refractivity (Wildman–Crippen MR) is 18.3 cm³/mol. The number of amidine groups is 1. The molecule has 6 heavy (non-hydrogen) atoms. The van der Waals surface area contributed by atoms with Crippen LogP contribution in [0.4, 0.5) is 4.48 Å². The number of nitrogens with two attached hydrogens (primary N) is 1. The minimum Gasteiger partial charge on any atom is -0.373 e. The Hall–Kier alpha value is -1.11. The highest BCUT2D eigenvalue weighted by Crippen LogP contribution is 1.63. The second kappa shape index (κ2) is 2.15. The zero-order chi connectivity index (χ0) is 4.99. The molecule has 0 saturated heterocycles. The molecule has 0 spiro atoms. The summed E-state index contributed by atoms with van der Waals surface area (Å²) >= 11 is 0. The third-order valence-electron chi connectivity index (χ3n) is 0.206. The highest BCUT2D eigenvalue weighted by Gasteiger charge is 1.77. The quantitative estimate of drug-likeness (QED) is 0.327. The molecule has 0 aromatic heterocycles. The molecule has 0 amide bonds. The van der Waals surface area contributed by atoms with Gasteiger partial charge in [-0.15, -0.1) is 0 Å². The van der Waals surface area contributed by atoms with Gasteiger partial charge in [-0.1, -0.05) is 9.70 Å².